The molecule has 0 heterocycles. The van der Waals surface area contributed by atoms with E-state index < -0.39 is 0 Å². The Hall–Kier alpha value is -3.48. The highest BCUT2D eigenvalue weighted by molar-refractivity contribution is 7.80. The summed E-state index contributed by atoms with van der Waals surface area (Å²) in [5, 5.41) is 9.04. The molecule has 33 heavy (non-hydrogen) atoms. The van der Waals surface area contributed by atoms with Gasteiger partial charge in [0, 0.05) is 28.0 Å². The molecule has 3 aromatic carbocycles. The summed E-state index contributed by atoms with van der Waals surface area (Å²) < 4.78 is 0. The van der Waals surface area contributed by atoms with Crippen LogP contribution >= 0.6 is 23.8 Å². The minimum absolute atomic E-state index is 0.176. The molecular weight excluding hydrogens is 454 g/mol. The van der Waals surface area contributed by atoms with Crippen molar-refractivity contribution < 1.29 is 9.59 Å². The number of carbonyl (C=O) groups excluding carboxylic acids is 2. The average Bonchev–Trinajstić information content (AvgIpc) is 2.79. The van der Waals surface area contributed by atoms with Gasteiger partial charge in [-0.05, 0) is 77.8 Å². The molecule has 0 aliphatic rings. The van der Waals surface area contributed by atoms with Crippen LogP contribution in [0.1, 0.15) is 41.3 Å². The molecule has 0 spiro atoms. The van der Waals surface area contributed by atoms with Crippen LogP contribution in [0, 0.1) is 0 Å². The zero-order valence-corrected chi connectivity index (χ0v) is 19.8. The Morgan fingerprint density at radius 2 is 1.55 bits per heavy atom. The number of rotatable bonds is 6. The maximum absolute atomic E-state index is 12.3. The molecule has 3 N–H and O–H groups in total. The molecule has 0 fully saturated rings. The number of hydrogen-bond donors (Lipinski definition) is 3. The number of carbonyl (C=O) groups is 2. The first-order valence-corrected chi connectivity index (χ1v) is 11.2. The molecule has 0 saturated carbocycles. The number of amides is 2. The molecule has 0 aliphatic heterocycles. The lowest BCUT2D eigenvalue weighted by atomic mass is 10.0. The minimum atomic E-state index is -0.328. The van der Waals surface area contributed by atoms with Gasteiger partial charge >= 0.3 is 0 Å². The van der Waals surface area contributed by atoms with Gasteiger partial charge in [-0.3, -0.25) is 14.9 Å². The summed E-state index contributed by atoms with van der Waals surface area (Å²) in [6.45, 7) is 4.27. The van der Waals surface area contributed by atoms with Gasteiger partial charge in [-0.25, -0.2) is 0 Å². The van der Waals surface area contributed by atoms with E-state index in [4.69, 9.17) is 23.8 Å². The minimum Gasteiger partial charge on any atom is -0.332 e. The van der Waals surface area contributed by atoms with E-state index in [2.05, 4.69) is 41.9 Å². The van der Waals surface area contributed by atoms with Gasteiger partial charge in [0.25, 0.3) is 5.91 Å². The summed E-state index contributed by atoms with van der Waals surface area (Å²) in [6, 6.07) is 21.7. The summed E-state index contributed by atoms with van der Waals surface area (Å²) in [5.74, 6) is -0.125. The third-order valence-electron chi connectivity index (χ3n) is 4.75. The van der Waals surface area contributed by atoms with E-state index in [1.165, 1.54) is 11.6 Å². The van der Waals surface area contributed by atoms with Crippen LogP contribution in [0.5, 0.6) is 0 Å². The lowest BCUT2D eigenvalue weighted by molar-refractivity contribution is -0.115. The van der Waals surface area contributed by atoms with Crippen LogP contribution in [0.25, 0.3) is 6.08 Å². The molecule has 0 radical (unpaired) electrons. The largest absolute Gasteiger partial charge is 0.332 e. The quantitative estimate of drug-likeness (QED) is 0.290. The SMILES string of the molecule is CC(C)c1ccc(C=CC(=O)NC(=S)Nc2ccc(NC(=O)c3cccc(Cl)c3)cc2)cc1. The monoisotopic (exact) mass is 477 g/mol. The Kier molecular flexibility index (Phi) is 8.35. The zero-order valence-electron chi connectivity index (χ0n) is 18.3. The molecule has 3 aromatic rings. The van der Waals surface area contributed by atoms with Crippen LogP contribution in [0.15, 0.2) is 78.9 Å². The Balaban J connectivity index is 1.49. The van der Waals surface area contributed by atoms with Crippen LogP contribution in [0.4, 0.5) is 11.4 Å². The Labute approximate surface area is 203 Å². The number of hydrogen-bond acceptors (Lipinski definition) is 3. The second kappa shape index (κ2) is 11.4. The molecule has 0 aliphatic carbocycles. The van der Waals surface area contributed by atoms with E-state index in [9.17, 15) is 9.59 Å². The topological polar surface area (TPSA) is 70.2 Å². The molecule has 0 unspecified atom stereocenters. The summed E-state index contributed by atoms with van der Waals surface area (Å²) in [7, 11) is 0. The average molecular weight is 478 g/mol. The normalized spacial score (nSPS) is 10.8. The second-order valence-corrected chi connectivity index (χ2v) is 8.48. The fourth-order valence-corrected chi connectivity index (χ4v) is 3.36. The first-order valence-electron chi connectivity index (χ1n) is 10.4. The van der Waals surface area contributed by atoms with Crippen molar-refractivity contribution in [3.05, 3.63) is 101 Å². The molecule has 7 heteroatoms. The van der Waals surface area contributed by atoms with Crippen molar-refractivity contribution in [1.29, 1.82) is 0 Å². The van der Waals surface area contributed by atoms with Crippen molar-refractivity contribution in [2.24, 2.45) is 0 Å². The van der Waals surface area contributed by atoms with Gasteiger partial charge in [0.15, 0.2) is 5.11 Å². The van der Waals surface area contributed by atoms with Crippen LogP contribution < -0.4 is 16.0 Å². The fourth-order valence-electron chi connectivity index (χ4n) is 2.95. The molecule has 168 valence electrons. The van der Waals surface area contributed by atoms with E-state index in [1.54, 1.807) is 54.6 Å². The maximum Gasteiger partial charge on any atom is 0.255 e. The highest BCUT2D eigenvalue weighted by atomic mass is 35.5. The van der Waals surface area contributed by atoms with E-state index in [0.29, 0.717) is 27.9 Å². The van der Waals surface area contributed by atoms with Gasteiger partial charge in [0.2, 0.25) is 5.91 Å². The molecule has 0 bridgehead atoms. The highest BCUT2D eigenvalue weighted by Gasteiger charge is 2.07. The third kappa shape index (κ3) is 7.56. The molecule has 0 aromatic heterocycles. The van der Waals surface area contributed by atoms with Crippen molar-refractivity contribution in [3.63, 3.8) is 0 Å². The summed E-state index contributed by atoms with van der Waals surface area (Å²) in [6.07, 6.45) is 3.17. The lowest BCUT2D eigenvalue weighted by Gasteiger charge is -2.10. The molecule has 0 atom stereocenters. The summed E-state index contributed by atoms with van der Waals surface area (Å²) in [4.78, 5) is 24.4. The van der Waals surface area contributed by atoms with E-state index in [-0.39, 0.29) is 16.9 Å². The van der Waals surface area contributed by atoms with Gasteiger partial charge in [0.05, 0.1) is 0 Å². The third-order valence-corrected chi connectivity index (χ3v) is 5.19. The molecule has 0 saturated heterocycles. The van der Waals surface area contributed by atoms with E-state index in [1.807, 2.05) is 12.1 Å². The van der Waals surface area contributed by atoms with Crippen LogP contribution in [-0.4, -0.2) is 16.9 Å². The van der Waals surface area contributed by atoms with Crippen molar-refractivity contribution in [2.75, 3.05) is 10.6 Å². The zero-order chi connectivity index (χ0) is 23.8. The van der Waals surface area contributed by atoms with Gasteiger partial charge in [-0.2, -0.15) is 0 Å². The Morgan fingerprint density at radius 3 is 2.15 bits per heavy atom. The smallest absolute Gasteiger partial charge is 0.255 e. The summed E-state index contributed by atoms with van der Waals surface area (Å²) in [5.41, 5.74) is 3.94. The lowest BCUT2D eigenvalue weighted by Crippen LogP contribution is -2.32. The standard InChI is InChI=1S/C26H24ClN3O2S/c1-17(2)19-9-6-18(7-10-19)8-15-24(31)30-26(33)29-23-13-11-22(12-14-23)28-25(32)20-4-3-5-21(27)16-20/h3-17H,1-2H3,(H,28,32)(H2,29,30,31,33). The number of halogens is 1. The maximum atomic E-state index is 12.3. The van der Waals surface area contributed by atoms with Crippen molar-refractivity contribution >= 4 is 58.2 Å². The molecule has 3 rings (SSSR count). The first kappa shape index (κ1) is 24.2. The van der Waals surface area contributed by atoms with Crippen LogP contribution in [0.3, 0.4) is 0 Å². The van der Waals surface area contributed by atoms with E-state index in [0.717, 1.165) is 5.56 Å². The fraction of sp³-hybridized carbons (Fsp3) is 0.115. The molecular formula is C26H24ClN3O2S. The second-order valence-electron chi connectivity index (χ2n) is 7.64. The van der Waals surface area contributed by atoms with Crippen molar-refractivity contribution in [1.82, 2.24) is 5.32 Å². The highest BCUT2D eigenvalue weighted by Crippen LogP contribution is 2.17. The predicted octanol–water partition coefficient (Wildman–Crippen LogP) is 6.24. The van der Waals surface area contributed by atoms with Gasteiger partial charge in [-0.1, -0.05) is 55.8 Å². The predicted molar refractivity (Wildman–Crippen MR) is 140 cm³/mol. The first-order chi connectivity index (χ1) is 15.8. The van der Waals surface area contributed by atoms with E-state index >= 15 is 0 Å². The molecule has 2 amide bonds. The number of anilines is 2. The number of thiocarbonyl (C=S) groups is 1. The Morgan fingerprint density at radius 1 is 0.909 bits per heavy atom. The summed E-state index contributed by atoms with van der Waals surface area (Å²) >= 11 is 11.1. The molecule has 5 nitrogen and oxygen atoms in total. The van der Waals surface area contributed by atoms with Gasteiger partial charge in [0.1, 0.15) is 0 Å². The van der Waals surface area contributed by atoms with Gasteiger partial charge < -0.3 is 10.6 Å². The number of benzene rings is 3. The van der Waals surface area contributed by atoms with Crippen molar-refractivity contribution in [2.45, 2.75) is 19.8 Å². The van der Waals surface area contributed by atoms with Crippen LogP contribution in [0.2, 0.25) is 5.02 Å². The van der Waals surface area contributed by atoms with Crippen molar-refractivity contribution in [3.8, 4) is 0 Å². The van der Waals surface area contributed by atoms with Crippen LogP contribution in [-0.2, 0) is 4.79 Å². The number of nitrogens with one attached hydrogen (secondary N) is 3. The van der Waals surface area contributed by atoms with Gasteiger partial charge in [-0.15, -0.1) is 0 Å². The Bertz CT molecular complexity index is 1170.